The zero-order valence-electron chi connectivity index (χ0n) is 21.8. The van der Waals surface area contributed by atoms with Crippen LogP contribution < -0.4 is 11.1 Å². The van der Waals surface area contributed by atoms with Gasteiger partial charge in [0.15, 0.2) is 5.82 Å². The summed E-state index contributed by atoms with van der Waals surface area (Å²) >= 11 is 0. The van der Waals surface area contributed by atoms with E-state index >= 15 is 0 Å². The van der Waals surface area contributed by atoms with Gasteiger partial charge in [-0.25, -0.2) is 4.98 Å². The molecule has 0 radical (unpaired) electrons. The second kappa shape index (κ2) is 9.91. The highest BCUT2D eigenvalue weighted by Crippen LogP contribution is 2.26. The molecule has 1 saturated heterocycles. The fraction of sp³-hybridized carbons (Fsp3) is 0.444. The smallest absolute Gasteiger partial charge is 0.222 e. The molecule has 0 aliphatic carbocycles. The number of fused-ring (bicyclic) bond motifs is 1. The number of anilines is 2. The standard InChI is InChI=1S/C27H36N8O/c1-17(2)33(5)22-14-34(15-22)12-20-6-7-21(18(3)10-20)13-35-9-8-23-25(35)26(31-27(28)30-23)29-11-24-19(4)16-36-32-24/h6-10,16-17,22H,11-15H2,1-5H3,(H3,28,29,30,31). The lowest BCUT2D eigenvalue weighted by molar-refractivity contribution is 0.0279. The van der Waals surface area contributed by atoms with Crippen LogP contribution >= 0.6 is 0 Å². The number of aromatic nitrogens is 4. The zero-order chi connectivity index (χ0) is 25.4. The lowest BCUT2D eigenvalue weighted by atomic mass is 10.0. The average Bonchev–Trinajstić information content (AvgIpc) is 3.41. The number of rotatable bonds is 9. The van der Waals surface area contributed by atoms with E-state index in [9.17, 15) is 0 Å². The van der Waals surface area contributed by atoms with Gasteiger partial charge in [0, 0.05) is 50.0 Å². The Morgan fingerprint density at radius 3 is 2.64 bits per heavy atom. The molecule has 1 aromatic carbocycles. The molecule has 0 atom stereocenters. The normalized spacial score (nSPS) is 14.8. The molecule has 9 heteroatoms. The third-order valence-corrected chi connectivity index (χ3v) is 7.38. The summed E-state index contributed by atoms with van der Waals surface area (Å²) in [5, 5.41) is 7.43. The van der Waals surface area contributed by atoms with E-state index in [2.05, 4.69) is 80.8 Å². The lowest BCUT2D eigenvalue weighted by Crippen LogP contribution is -2.59. The maximum absolute atomic E-state index is 5.99. The van der Waals surface area contributed by atoms with E-state index in [0.717, 1.165) is 48.5 Å². The van der Waals surface area contributed by atoms with Crippen molar-refractivity contribution in [3.8, 4) is 0 Å². The van der Waals surface area contributed by atoms with Crippen LogP contribution in [-0.2, 0) is 19.6 Å². The van der Waals surface area contributed by atoms with Crippen molar-refractivity contribution in [3.05, 3.63) is 64.7 Å². The van der Waals surface area contributed by atoms with Gasteiger partial charge < -0.3 is 20.1 Å². The van der Waals surface area contributed by atoms with Crippen molar-refractivity contribution >= 4 is 22.8 Å². The number of likely N-dealkylation sites (tertiary alicyclic amines) is 1. The zero-order valence-corrected chi connectivity index (χ0v) is 21.8. The first-order valence-corrected chi connectivity index (χ1v) is 12.6. The van der Waals surface area contributed by atoms with E-state index in [0.29, 0.717) is 24.4 Å². The first-order valence-electron chi connectivity index (χ1n) is 12.6. The molecule has 0 saturated carbocycles. The summed E-state index contributed by atoms with van der Waals surface area (Å²) in [4.78, 5) is 13.9. The Kier molecular flexibility index (Phi) is 6.68. The Bertz CT molecular complexity index is 1350. The first kappa shape index (κ1) is 24.3. The van der Waals surface area contributed by atoms with Crippen LogP contribution in [-0.4, -0.2) is 61.7 Å². The first-order chi connectivity index (χ1) is 17.3. The summed E-state index contributed by atoms with van der Waals surface area (Å²) in [6.07, 6.45) is 3.69. The Morgan fingerprint density at radius 2 is 1.94 bits per heavy atom. The molecule has 1 aliphatic rings. The fourth-order valence-electron chi connectivity index (χ4n) is 4.85. The van der Waals surface area contributed by atoms with Crippen LogP contribution in [0.5, 0.6) is 0 Å². The molecule has 9 nitrogen and oxygen atoms in total. The van der Waals surface area contributed by atoms with Crippen LogP contribution in [0.25, 0.3) is 11.0 Å². The number of nitrogens with zero attached hydrogens (tertiary/aromatic N) is 6. The van der Waals surface area contributed by atoms with Crippen LogP contribution in [0, 0.1) is 13.8 Å². The highest BCUT2D eigenvalue weighted by atomic mass is 16.5. The maximum Gasteiger partial charge on any atom is 0.222 e. The molecule has 0 unspecified atom stereocenters. The lowest BCUT2D eigenvalue weighted by Gasteiger charge is -2.45. The molecule has 1 aliphatic heterocycles. The fourth-order valence-corrected chi connectivity index (χ4v) is 4.85. The summed E-state index contributed by atoms with van der Waals surface area (Å²) in [7, 11) is 2.23. The van der Waals surface area contributed by atoms with Gasteiger partial charge in [-0.15, -0.1) is 0 Å². The van der Waals surface area contributed by atoms with Crippen molar-refractivity contribution in [1.29, 1.82) is 0 Å². The third-order valence-electron chi connectivity index (χ3n) is 7.38. The maximum atomic E-state index is 5.99. The van der Waals surface area contributed by atoms with Gasteiger partial charge in [-0.1, -0.05) is 23.4 Å². The number of nitrogen functional groups attached to an aromatic ring is 1. The number of benzene rings is 1. The summed E-state index contributed by atoms with van der Waals surface area (Å²) in [6, 6.07) is 10.1. The summed E-state index contributed by atoms with van der Waals surface area (Å²) in [6.45, 7) is 13.2. The van der Waals surface area contributed by atoms with Crippen LogP contribution in [0.4, 0.5) is 11.8 Å². The molecular weight excluding hydrogens is 452 g/mol. The Balaban J connectivity index is 1.30. The van der Waals surface area contributed by atoms with Gasteiger partial charge in [-0.05, 0) is 57.5 Å². The van der Waals surface area contributed by atoms with Crippen molar-refractivity contribution in [1.82, 2.24) is 29.5 Å². The topological polar surface area (TPSA) is 101 Å². The molecule has 1 fully saturated rings. The largest absolute Gasteiger partial charge is 0.368 e. The SMILES string of the molecule is Cc1cc(CN2CC(N(C)C(C)C)C2)ccc1Cn1ccc2nc(N)nc(NCc3nocc3C)c21. The van der Waals surface area contributed by atoms with Crippen molar-refractivity contribution in [3.63, 3.8) is 0 Å². The van der Waals surface area contributed by atoms with Crippen molar-refractivity contribution in [2.45, 2.75) is 59.4 Å². The van der Waals surface area contributed by atoms with Crippen molar-refractivity contribution < 1.29 is 4.52 Å². The molecule has 0 amide bonds. The highest BCUT2D eigenvalue weighted by Gasteiger charge is 2.30. The minimum Gasteiger partial charge on any atom is -0.368 e. The van der Waals surface area contributed by atoms with Crippen LogP contribution in [0.1, 0.15) is 41.8 Å². The van der Waals surface area contributed by atoms with Gasteiger partial charge in [0.05, 0.1) is 12.1 Å². The number of aryl methyl sites for hydroxylation is 2. The summed E-state index contributed by atoms with van der Waals surface area (Å²) in [5.74, 6) is 0.936. The number of nitrogens with two attached hydrogens (primary N) is 1. The van der Waals surface area contributed by atoms with E-state index in [1.54, 1.807) is 6.26 Å². The minimum atomic E-state index is 0.243. The van der Waals surface area contributed by atoms with Gasteiger partial charge in [0.25, 0.3) is 0 Å². The second-order valence-electron chi connectivity index (χ2n) is 10.3. The Morgan fingerprint density at radius 1 is 1.14 bits per heavy atom. The summed E-state index contributed by atoms with van der Waals surface area (Å²) < 4.78 is 7.23. The Hall–Kier alpha value is -3.43. The molecule has 4 aromatic rings. The van der Waals surface area contributed by atoms with Gasteiger partial charge in [0.1, 0.15) is 17.5 Å². The Labute approximate surface area is 212 Å². The van der Waals surface area contributed by atoms with Gasteiger partial charge in [0.2, 0.25) is 5.95 Å². The molecule has 3 N–H and O–H groups in total. The van der Waals surface area contributed by atoms with Crippen LogP contribution in [0.15, 0.2) is 41.2 Å². The number of hydrogen-bond donors (Lipinski definition) is 2. The summed E-state index contributed by atoms with van der Waals surface area (Å²) in [5.41, 5.74) is 13.5. The van der Waals surface area contributed by atoms with Gasteiger partial charge >= 0.3 is 0 Å². The van der Waals surface area contributed by atoms with E-state index in [-0.39, 0.29) is 5.95 Å². The molecule has 3 aromatic heterocycles. The molecule has 4 heterocycles. The van der Waals surface area contributed by atoms with E-state index in [4.69, 9.17) is 10.3 Å². The van der Waals surface area contributed by atoms with E-state index in [1.807, 2.05) is 19.2 Å². The quantitative estimate of drug-likeness (QED) is 0.367. The van der Waals surface area contributed by atoms with E-state index in [1.165, 1.54) is 16.7 Å². The van der Waals surface area contributed by atoms with Crippen molar-refractivity contribution in [2.24, 2.45) is 0 Å². The second-order valence-corrected chi connectivity index (χ2v) is 10.3. The number of nitrogens with one attached hydrogen (secondary N) is 1. The predicted octanol–water partition coefficient (Wildman–Crippen LogP) is 3.80. The molecule has 190 valence electrons. The molecule has 36 heavy (non-hydrogen) atoms. The monoisotopic (exact) mass is 488 g/mol. The van der Waals surface area contributed by atoms with Crippen LogP contribution in [0.2, 0.25) is 0 Å². The van der Waals surface area contributed by atoms with E-state index < -0.39 is 0 Å². The highest BCUT2D eigenvalue weighted by molar-refractivity contribution is 5.87. The van der Waals surface area contributed by atoms with Gasteiger partial charge in [-0.3, -0.25) is 9.80 Å². The minimum absolute atomic E-state index is 0.243. The molecule has 0 bridgehead atoms. The van der Waals surface area contributed by atoms with Crippen molar-refractivity contribution in [2.75, 3.05) is 31.2 Å². The number of likely N-dealkylation sites (N-methyl/N-ethyl adjacent to an activating group) is 1. The third kappa shape index (κ3) is 4.94. The van der Waals surface area contributed by atoms with Crippen LogP contribution in [0.3, 0.4) is 0 Å². The molecule has 0 spiro atoms. The average molecular weight is 489 g/mol. The van der Waals surface area contributed by atoms with Gasteiger partial charge in [-0.2, -0.15) is 4.98 Å². The molecular formula is C27H36N8O. The molecule has 5 rings (SSSR count). The predicted molar refractivity (Wildman–Crippen MR) is 143 cm³/mol. The number of hydrogen-bond acceptors (Lipinski definition) is 8.